The van der Waals surface area contributed by atoms with Crippen LogP contribution in [-0.4, -0.2) is 5.12 Å². The first-order valence-electron chi connectivity index (χ1n) is 4.54. The molecule has 0 N–H and O–H groups in total. The first-order chi connectivity index (χ1) is 6.86. The summed E-state index contributed by atoms with van der Waals surface area (Å²) in [5, 5.41) is 2.47. The third-order valence-electron chi connectivity index (χ3n) is 2.58. The van der Waals surface area contributed by atoms with E-state index in [1.807, 2.05) is 24.3 Å². The molecule has 0 atom stereocenters. The van der Waals surface area contributed by atoms with E-state index in [9.17, 15) is 4.79 Å². The van der Waals surface area contributed by atoms with Gasteiger partial charge in [-0.2, -0.15) is 0 Å². The molecule has 0 fully saturated rings. The highest BCUT2D eigenvalue weighted by Gasteiger charge is 2.22. The zero-order chi connectivity index (χ0) is 9.54. The zero-order valence-electron chi connectivity index (χ0n) is 7.49. The molecular weight excluding hydrogens is 192 g/mol. The van der Waals surface area contributed by atoms with Gasteiger partial charge in [0.15, 0.2) is 0 Å². The van der Waals surface area contributed by atoms with Gasteiger partial charge in [-0.3, -0.25) is 4.79 Å². The van der Waals surface area contributed by atoms with E-state index in [-0.39, 0.29) is 5.12 Å². The fourth-order valence-electron chi connectivity index (χ4n) is 1.89. The normalized spacial score (nSPS) is 14.7. The third kappa shape index (κ3) is 1.01. The Morgan fingerprint density at radius 2 is 1.93 bits per heavy atom. The number of benzene rings is 2. The van der Waals surface area contributed by atoms with Gasteiger partial charge in [0.1, 0.15) is 0 Å². The third-order valence-corrected chi connectivity index (χ3v) is 3.50. The van der Waals surface area contributed by atoms with Gasteiger partial charge in [0, 0.05) is 11.3 Å². The number of carbonyl (C=O) groups is 1. The quantitative estimate of drug-likeness (QED) is 0.649. The first-order valence-corrected chi connectivity index (χ1v) is 5.52. The smallest absolute Gasteiger partial charge is 0.220 e. The standard InChI is InChI=1S/C12H8OS/c13-12-11-9(7-14-12)6-5-8-3-1-2-4-10(8)11/h1-6H,7H2. The predicted molar refractivity (Wildman–Crippen MR) is 59.6 cm³/mol. The zero-order valence-corrected chi connectivity index (χ0v) is 8.30. The van der Waals surface area contributed by atoms with Gasteiger partial charge in [-0.05, 0) is 16.3 Å². The maximum atomic E-state index is 11.6. The van der Waals surface area contributed by atoms with Gasteiger partial charge in [0.25, 0.3) is 0 Å². The molecule has 2 aromatic carbocycles. The minimum atomic E-state index is 0.219. The summed E-state index contributed by atoms with van der Waals surface area (Å²) in [6, 6.07) is 12.2. The second-order valence-electron chi connectivity index (χ2n) is 3.40. The summed E-state index contributed by atoms with van der Waals surface area (Å²) in [6.45, 7) is 0. The average molecular weight is 200 g/mol. The molecule has 3 rings (SSSR count). The number of hydrogen-bond donors (Lipinski definition) is 0. The van der Waals surface area contributed by atoms with Crippen LogP contribution in [0.2, 0.25) is 0 Å². The van der Waals surface area contributed by atoms with Crippen LogP contribution in [0.15, 0.2) is 36.4 Å². The number of fused-ring (bicyclic) bond motifs is 3. The Morgan fingerprint density at radius 3 is 2.86 bits per heavy atom. The van der Waals surface area contributed by atoms with Crippen molar-refractivity contribution in [3.05, 3.63) is 47.5 Å². The molecule has 1 heterocycles. The van der Waals surface area contributed by atoms with Crippen molar-refractivity contribution in [2.75, 3.05) is 0 Å². The van der Waals surface area contributed by atoms with Gasteiger partial charge in [-0.1, -0.05) is 48.2 Å². The maximum absolute atomic E-state index is 11.6. The highest BCUT2D eigenvalue weighted by Crippen LogP contribution is 2.34. The largest absolute Gasteiger partial charge is 0.282 e. The van der Waals surface area contributed by atoms with Gasteiger partial charge >= 0.3 is 0 Å². The minimum absolute atomic E-state index is 0.219. The van der Waals surface area contributed by atoms with Crippen molar-refractivity contribution in [1.29, 1.82) is 0 Å². The van der Waals surface area contributed by atoms with Crippen LogP contribution in [0.25, 0.3) is 10.8 Å². The lowest BCUT2D eigenvalue weighted by molar-refractivity contribution is 0.109. The summed E-state index contributed by atoms with van der Waals surface area (Å²) in [6.07, 6.45) is 0. The molecule has 0 saturated heterocycles. The summed E-state index contributed by atoms with van der Waals surface area (Å²) >= 11 is 1.40. The number of thioether (sulfide) groups is 1. The molecule has 0 aromatic heterocycles. The van der Waals surface area contributed by atoms with Crippen molar-refractivity contribution in [2.24, 2.45) is 0 Å². The Morgan fingerprint density at radius 1 is 1.07 bits per heavy atom. The molecule has 0 aliphatic carbocycles. The lowest BCUT2D eigenvalue weighted by atomic mass is 10.0. The van der Waals surface area contributed by atoms with Crippen LogP contribution in [0.1, 0.15) is 15.9 Å². The van der Waals surface area contributed by atoms with E-state index in [0.29, 0.717) is 0 Å². The Hall–Kier alpha value is -1.28. The lowest BCUT2D eigenvalue weighted by Crippen LogP contribution is -1.90. The molecule has 1 nitrogen and oxygen atoms in total. The van der Waals surface area contributed by atoms with Crippen molar-refractivity contribution in [3.8, 4) is 0 Å². The molecule has 0 saturated carbocycles. The van der Waals surface area contributed by atoms with E-state index >= 15 is 0 Å². The van der Waals surface area contributed by atoms with Crippen LogP contribution >= 0.6 is 11.8 Å². The van der Waals surface area contributed by atoms with E-state index in [2.05, 4.69) is 12.1 Å². The van der Waals surface area contributed by atoms with Crippen molar-refractivity contribution < 1.29 is 4.79 Å². The highest BCUT2D eigenvalue weighted by molar-refractivity contribution is 8.14. The molecule has 0 spiro atoms. The minimum Gasteiger partial charge on any atom is -0.282 e. The lowest BCUT2D eigenvalue weighted by Gasteiger charge is -2.02. The average Bonchev–Trinajstić information content (AvgIpc) is 2.61. The van der Waals surface area contributed by atoms with E-state index < -0.39 is 0 Å². The molecule has 2 heteroatoms. The molecule has 68 valence electrons. The SMILES string of the molecule is O=C1SCc2ccc3ccccc3c21. The van der Waals surface area contributed by atoms with Crippen LogP contribution in [0, 0.1) is 0 Å². The Kier molecular flexibility index (Phi) is 1.64. The van der Waals surface area contributed by atoms with Crippen molar-refractivity contribution >= 4 is 27.6 Å². The van der Waals surface area contributed by atoms with Crippen molar-refractivity contribution in [3.63, 3.8) is 0 Å². The van der Waals surface area contributed by atoms with Gasteiger partial charge in [-0.25, -0.2) is 0 Å². The molecule has 0 amide bonds. The van der Waals surface area contributed by atoms with Crippen molar-refractivity contribution in [2.45, 2.75) is 5.75 Å². The predicted octanol–water partition coefficient (Wildman–Crippen LogP) is 3.23. The fraction of sp³-hybridized carbons (Fsp3) is 0.0833. The second-order valence-corrected chi connectivity index (χ2v) is 4.35. The maximum Gasteiger partial charge on any atom is 0.220 e. The Bertz CT molecular complexity index is 531. The monoisotopic (exact) mass is 200 g/mol. The van der Waals surface area contributed by atoms with E-state index in [0.717, 1.165) is 22.1 Å². The molecular formula is C12H8OS. The number of carbonyl (C=O) groups excluding carboxylic acids is 1. The first kappa shape index (κ1) is 8.06. The van der Waals surface area contributed by atoms with E-state index in [4.69, 9.17) is 0 Å². The summed E-state index contributed by atoms with van der Waals surface area (Å²) in [5.41, 5.74) is 2.10. The fourth-order valence-corrected chi connectivity index (χ4v) is 2.81. The van der Waals surface area contributed by atoms with Gasteiger partial charge in [0.2, 0.25) is 5.12 Å². The van der Waals surface area contributed by atoms with Crippen LogP contribution in [0.5, 0.6) is 0 Å². The number of rotatable bonds is 0. The topological polar surface area (TPSA) is 17.1 Å². The second kappa shape index (κ2) is 2.85. The molecule has 1 aliphatic rings. The molecule has 0 bridgehead atoms. The summed E-state index contributed by atoms with van der Waals surface area (Å²) in [5.74, 6) is 0.832. The molecule has 2 aromatic rings. The van der Waals surface area contributed by atoms with Crippen LogP contribution in [0.3, 0.4) is 0 Å². The van der Waals surface area contributed by atoms with Crippen LogP contribution in [-0.2, 0) is 5.75 Å². The molecule has 14 heavy (non-hydrogen) atoms. The van der Waals surface area contributed by atoms with Crippen molar-refractivity contribution in [1.82, 2.24) is 0 Å². The number of hydrogen-bond acceptors (Lipinski definition) is 2. The Labute approximate surface area is 86.1 Å². The summed E-state index contributed by atoms with van der Waals surface area (Å²) in [4.78, 5) is 11.6. The molecule has 0 unspecified atom stereocenters. The van der Waals surface area contributed by atoms with Gasteiger partial charge < -0.3 is 0 Å². The van der Waals surface area contributed by atoms with Gasteiger partial charge in [0.05, 0.1) is 0 Å². The van der Waals surface area contributed by atoms with Gasteiger partial charge in [-0.15, -0.1) is 0 Å². The van der Waals surface area contributed by atoms with E-state index in [1.165, 1.54) is 17.3 Å². The summed E-state index contributed by atoms with van der Waals surface area (Å²) in [7, 11) is 0. The molecule has 1 aliphatic heterocycles. The molecule has 0 radical (unpaired) electrons. The van der Waals surface area contributed by atoms with Crippen LogP contribution in [0.4, 0.5) is 0 Å². The summed E-state index contributed by atoms with van der Waals surface area (Å²) < 4.78 is 0. The Balaban J connectivity index is 2.47. The van der Waals surface area contributed by atoms with Crippen LogP contribution < -0.4 is 0 Å². The highest BCUT2D eigenvalue weighted by atomic mass is 32.2. The van der Waals surface area contributed by atoms with E-state index in [1.54, 1.807) is 0 Å².